The van der Waals surface area contributed by atoms with Gasteiger partial charge in [0.2, 0.25) is 5.89 Å². The van der Waals surface area contributed by atoms with Crippen LogP contribution in [-0.2, 0) is 0 Å². The Labute approximate surface area is 95.2 Å². The van der Waals surface area contributed by atoms with Gasteiger partial charge < -0.3 is 9.73 Å². The SMILES string of the molecule is Cc1nnc(SCCNCCC(C)C)o1. The topological polar surface area (TPSA) is 51.0 Å². The zero-order chi connectivity index (χ0) is 11.1. The van der Waals surface area contributed by atoms with Crippen LogP contribution in [0.3, 0.4) is 0 Å². The number of hydrogen-bond acceptors (Lipinski definition) is 5. The van der Waals surface area contributed by atoms with Gasteiger partial charge in [0.1, 0.15) is 0 Å². The second-order valence-corrected chi connectivity index (χ2v) is 4.91. The van der Waals surface area contributed by atoms with Gasteiger partial charge in [-0.1, -0.05) is 25.6 Å². The molecule has 0 aliphatic rings. The normalized spacial score (nSPS) is 11.2. The number of aromatic nitrogens is 2. The zero-order valence-corrected chi connectivity index (χ0v) is 10.4. The quantitative estimate of drug-likeness (QED) is 0.573. The van der Waals surface area contributed by atoms with Crippen LogP contribution in [0.25, 0.3) is 0 Å². The van der Waals surface area contributed by atoms with Crippen molar-refractivity contribution in [2.45, 2.75) is 32.4 Å². The third-order valence-corrected chi connectivity index (χ3v) is 2.73. The smallest absolute Gasteiger partial charge is 0.276 e. The minimum absolute atomic E-state index is 0.630. The molecule has 0 unspecified atom stereocenters. The highest BCUT2D eigenvalue weighted by Crippen LogP contribution is 2.14. The van der Waals surface area contributed by atoms with E-state index < -0.39 is 0 Å². The summed E-state index contributed by atoms with van der Waals surface area (Å²) in [6, 6.07) is 0. The van der Waals surface area contributed by atoms with Gasteiger partial charge in [0, 0.05) is 19.2 Å². The van der Waals surface area contributed by atoms with Crippen molar-refractivity contribution in [3.63, 3.8) is 0 Å². The van der Waals surface area contributed by atoms with Crippen LogP contribution >= 0.6 is 11.8 Å². The van der Waals surface area contributed by atoms with Crippen molar-refractivity contribution in [3.05, 3.63) is 5.89 Å². The summed E-state index contributed by atoms with van der Waals surface area (Å²) in [6.45, 7) is 8.34. The fourth-order valence-corrected chi connectivity index (χ4v) is 1.76. The second kappa shape index (κ2) is 6.85. The Bertz CT molecular complexity index is 275. The Morgan fingerprint density at radius 3 is 2.73 bits per heavy atom. The molecule has 0 spiro atoms. The highest BCUT2D eigenvalue weighted by molar-refractivity contribution is 7.99. The van der Waals surface area contributed by atoms with Gasteiger partial charge in [-0.2, -0.15) is 0 Å². The van der Waals surface area contributed by atoms with Crippen LogP contribution in [-0.4, -0.2) is 29.0 Å². The summed E-state index contributed by atoms with van der Waals surface area (Å²) in [7, 11) is 0. The molecule has 1 aromatic rings. The third-order valence-electron chi connectivity index (χ3n) is 1.91. The first-order chi connectivity index (χ1) is 7.18. The van der Waals surface area contributed by atoms with Gasteiger partial charge in [0.25, 0.3) is 5.22 Å². The standard InChI is InChI=1S/C10H19N3OS/c1-8(2)4-5-11-6-7-15-10-13-12-9(3)14-10/h8,11H,4-7H2,1-3H3. The summed E-state index contributed by atoms with van der Waals surface area (Å²) < 4.78 is 5.24. The maximum Gasteiger partial charge on any atom is 0.276 e. The lowest BCUT2D eigenvalue weighted by atomic mass is 10.1. The molecule has 0 fully saturated rings. The minimum Gasteiger partial charge on any atom is -0.416 e. The van der Waals surface area contributed by atoms with Gasteiger partial charge in [0.15, 0.2) is 0 Å². The van der Waals surface area contributed by atoms with E-state index in [0.29, 0.717) is 11.1 Å². The molecule has 0 atom stereocenters. The zero-order valence-electron chi connectivity index (χ0n) is 9.62. The van der Waals surface area contributed by atoms with Crippen molar-refractivity contribution in [1.29, 1.82) is 0 Å². The molecule has 15 heavy (non-hydrogen) atoms. The van der Waals surface area contributed by atoms with E-state index in [1.807, 2.05) is 0 Å². The van der Waals surface area contributed by atoms with Gasteiger partial charge >= 0.3 is 0 Å². The largest absolute Gasteiger partial charge is 0.416 e. The van der Waals surface area contributed by atoms with E-state index in [4.69, 9.17) is 4.42 Å². The lowest BCUT2D eigenvalue weighted by Gasteiger charge is -2.05. The van der Waals surface area contributed by atoms with Gasteiger partial charge in [-0.3, -0.25) is 0 Å². The highest BCUT2D eigenvalue weighted by atomic mass is 32.2. The molecule has 0 saturated heterocycles. The van der Waals surface area contributed by atoms with Crippen LogP contribution in [0.15, 0.2) is 9.64 Å². The van der Waals surface area contributed by atoms with Gasteiger partial charge in [0.05, 0.1) is 0 Å². The van der Waals surface area contributed by atoms with Crippen LogP contribution in [0.4, 0.5) is 0 Å². The third kappa shape index (κ3) is 5.79. The van der Waals surface area contributed by atoms with Gasteiger partial charge in [-0.25, -0.2) is 0 Å². The molecule has 4 nitrogen and oxygen atoms in total. The molecule has 0 aliphatic heterocycles. The first-order valence-corrected chi connectivity index (χ1v) is 6.30. The number of hydrogen-bond donors (Lipinski definition) is 1. The number of aryl methyl sites for hydroxylation is 1. The first-order valence-electron chi connectivity index (χ1n) is 5.32. The predicted molar refractivity (Wildman–Crippen MR) is 62.1 cm³/mol. The van der Waals surface area contributed by atoms with Crippen LogP contribution in [0.5, 0.6) is 0 Å². The van der Waals surface area contributed by atoms with Crippen molar-refractivity contribution in [2.24, 2.45) is 5.92 Å². The fourth-order valence-electron chi connectivity index (χ4n) is 1.06. The van der Waals surface area contributed by atoms with Crippen molar-refractivity contribution >= 4 is 11.8 Å². The Hall–Kier alpha value is -0.550. The molecule has 1 rings (SSSR count). The number of nitrogens with zero attached hydrogens (tertiary/aromatic N) is 2. The first kappa shape index (κ1) is 12.5. The average Bonchev–Trinajstić information content (AvgIpc) is 2.57. The summed E-state index contributed by atoms with van der Waals surface area (Å²) >= 11 is 1.60. The van der Waals surface area contributed by atoms with E-state index in [1.54, 1.807) is 18.7 Å². The molecule has 1 aromatic heterocycles. The van der Waals surface area contributed by atoms with Crippen LogP contribution in [0.2, 0.25) is 0 Å². The average molecular weight is 229 g/mol. The predicted octanol–water partition coefficient (Wildman–Crippen LogP) is 2.11. The summed E-state index contributed by atoms with van der Waals surface area (Å²) in [5.41, 5.74) is 0. The molecule has 0 aromatic carbocycles. The van der Waals surface area contributed by atoms with Crippen LogP contribution in [0, 0.1) is 12.8 Å². The molecule has 0 amide bonds. The molecule has 0 radical (unpaired) electrons. The second-order valence-electron chi connectivity index (χ2n) is 3.87. The van der Waals surface area contributed by atoms with Crippen molar-refractivity contribution in [3.8, 4) is 0 Å². The molecule has 1 N–H and O–H groups in total. The Morgan fingerprint density at radius 1 is 1.33 bits per heavy atom. The molecular formula is C10H19N3OS. The Morgan fingerprint density at radius 2 is 2.13 bits per heavy atom. The van der Waals surface area contributed by atoms with E-state index in [1.165, 1.54) is 6.42 Å². The van der Waals surface area contributed by atoms with E-state index in [-0.39, 0.29) is 0 Å². The maximum absolute atomic E-state index is 5.24. The lowest BCUT2D eigenvalue weighted by Crippen LogP contribution is -2.19. The number of nitrogens with one attached hydrogen (secondary N) is 1. The van der Waals surface area contributed by atoms with Crippen molar-refractivity contribution in [1.82, 2.24) is 15.5 Å². The summed E-state index contributed by atoms with van der Waals surface area (Å²) in [6.07, 6.45) is 1.23. The number of rotatable bonds is 7. The molecule has 0 saturated carbocycles. The Kier molecular flexibility index (Phi) is 5.71. The lowest BCUT2D eigenvalue weighted by molar-refractivity contribution is 0.429. The van der Waals surface area contributed by atoms with Crippen molar-refractivity contribution < 1.29 is 4.42 Å². The Balaban J connectivity index is 1.98. The highest BCUT2D eigenvalue weighted by Gasteiger charge is 2.01. The summed E-state index contributed by atoms with van der Waals surface area (Å²) in [5, 5.41) is 11.7. The molecule has 0 bridgehead atoms. The van der Waals surface area contributed by atoms with E-state index >= 15 is 0 Å². The van der Waals surface area contributed by atoms with Crippen LogP contribution < -0.4 is 5.32 Å². The minimum atomic E-state index is 0.630. The van der Waals surface area contributed by atoms with E-state index in [9.17, 15) is 0 Å². The molecular weight excluding hydrogens is 210 g/mol. The molecule has 1 heterocycles. The number of thioether (sulfide) groups is 1. The molecule has 86 valence electrons. The molecule has 0 aliphatic carbocycles. The van der Waals surface area contributed by atoms with Crippen LogP contribution in [0.1, 0.15) is 26.2 Å². The van der Waals surface area contributed by atoms with E-state index in [2.05, 4.69) is 29.4 Å². The summed E-state index contributed by atoms with van der Waals surface area (Å²) in [5.74, 6) is 2.37. The monoisotopic (exact) mass is 229 g/mol. The summed E-state index contributed by atoms with van der Waals surface area (Å²) in [4.78, 5) is 0. The van der Waals surface area contributed by atoms with Crippen molar-refractivity contribution in [2.75, 3.05) is 18.8 Å². The van der Waals surface area contributed by atoms with Gasteiger partial charge in [-0.05, 0) is 18.9 Å². The fraction of sp³-hybridized carbons (Fsp3) is 0.800. The van der Waals surface area contributed by atoms with Gasteiger partial charge in [-0.15, -0.1) is 10.2 Å². The molecule has 5 heteroatoms. The van der Waals surface area contributed by atoms with E-state index in [0.717, 1.165) is 24.8 Å². The maximum atomic E-state index is 5.24.